The van der Waals surface area contributed by atoms with E-state index in [1.165, 1.54) is 16.5 Å². The molecule has 74 valence electrons. The Morgan fingerprint density at radius 1 is 1.21 bits per heavy atom. The van der Waals surface area contributed by atoms with E-state index in [4.69, 9.17) is 5.73 Å². The molecule has 3 N–H and O–H groups in total. The Bertz CT molecular complexity index is 429. The normalized spacial score (nSPS) is 13.7. The fraction of sp³-hybridized carbons (Fsp3) is 0.333. The Hall–Kier alpha value is -1.28. The zero-order valence-electron chi connectivity index (χ0n) is 8.62. The number of hydrogen-bond acceptors (Lipinski definition) is 1. The molecule has 1 aromatic carbocycles. The van der Waals surface area contributed by atoms with Gasteiger partial charge in [0, 0.05) is 23.1 Å². The van der Waals surface area contributed by atoms with E-state index in [-0.39, 0.29) is 6.04 Å². The van der Waals surface area contributed by atoms with Crippen molar-refractivity contribution in [2.45, 2.75) is 19.9 Å². The number of para-hydroxylation sites is 1. The van der Waals surface area contributed by atoms with Gasteiger partial charge < -0.3 is 10.7 Å². The Kier molecular flexibility index (Phi) is 2.30. The maximum atomic E-state index is 6.13. The van der Waals surface area contributed by atoms with Gasteiger partial charge in [0.2, 0.25) is 0 Å². The van der Waals surface area contributed by atoms with Gasteiger partial charge in [-0.3, -0.25) is 0 Å². The quantitative estimate of drug-likeness (QED) is 0.747. The Labute approximate surface area is 84.1 Å². The van der Waals surface area contributed by atoms with Crippen molar-refractivity contribution in [2.24, 2.45) is 11.7 Å². The van der Waals surface area contributed by atoms with Crippen LogP contribution in [0.15, 0.2) is 30.5 Å². The molecule has 1 heterocycles. The van der Waals surface area contributed by atoms with Crippen LogP contribution in [-0.2, 0) is 0 Å². The molecule has 0 radical (unpaired) electrons. The lowest BCUT2D eigenvalue weighted by Crippen LogP contribution is -2.16. The second kappa shape index (κ2) is 3.46. The summed E-state index contributed by atoms with van der Waals surface area (Å²) < 4.78 is 0. The summed E-state index contributed by atoms with van der Waals surface area (Å²) >= 11 is 0. The summed E-state index contributed by atoms with van der Waals surface area (Å²) in [6, 6.07) is 8.39. The van der Waals surface area contributed by atoms with E-state index in [1.807, 2.05) is 18.3 Å². The molecule has 0 bridgehead atoms. The second-order valence-electron chi connectivity index (χ2n) is 4.06. The average Bonchev–Trinajstić information content (AvgIpc) is 2.60. The molecule has 1 unspecified atom stereocenters. The van der Waals surface area contributed by atoms with Crippen LogP contribution in [0.5, 0.6) is 0 Å². The van der Waals surface area contributed by atoms with Crippen molar-refractivity contribution < 1.29 is 0 Å². The summed E-state index contributed by atoms with van der Waals surface area (Å²) in [5.74, 6) is 0.467. The first-order valence-corrected chi connectivity index (χ1v) is 5.01. The van der Waals surface area contributed by atoms with E-state index in [2.05, 4.69) is 31.0 Å². The van der Waals surface area contributed by atoms with Crippen LogP contribution in [0.25, 0.3) is 10.9 Å². The number of aromatic amines is 1. The summed E-state index contributed by atoms with van der Waals surface area (Å²) in [5.41, 5.74) is 8.51. The van der Waals surface area contributed by atoms with Crippen LogP contribution in [0.3, 0.4) is 0 Å². The molecule has 0 aliphatic heterocycles. The van der Waals surface area contributed by atoms with Crippen molar-refractivity contribution in [2.75, 3.05) is 0 Å². The van der Waals surface area contributed by atoms with Crippen molar-refractivity contribution >= 4 is 10.9 Å². The molecular weight excluding hydrogens is 172 g/mol. The van der Waals surface area contributed by atoms with E-state index in [0.717, 1.165) is 0 Å². The van der Waals surface area contributed by atoms with E-state index in [0.29, 0.717) is 5.92 Å². The van der Waals surface area contributed by atoms with E-state index >= 15 is 0 Å². The lowest BCUT2D eigenvalue weighted by Gasteiger charge is -2.14. The molecule has 0 amide bonds. The Morgan fingerprint density at radius 2 is 1.93 bits per heavy atom. The van der Waals surface area contributed by atoms with Gasteiger partial charge in [-0.2, -0.15) is 0 Å². The second-order valence-corrected chi connectivity index (χ2v) is 4.06. The van der Waals surface area contributed by atoms with Gasteiger partial charge in [-0.1, -0.05) is 32.0 Å². The van der Waals surface area contributed by atoms with Gasteiger partial charge in [-0.05, 0) is 17.5 Å². The first-order chi connectivity index (χ1) is 6.70. The topological polar surface area (TPSA) is 41.8 Å². The highest BCUT2D eigenvalue weighted by Gasteiger charge is 2.14. The number of H-pyrrole nitrogens is 1. The molecule has 2 rings (SSSR count). The predicted molar refractivity (Wildman–Crippen MR) is 60.1 cm³/mol. The highest BCUT2D eigenvalue weighted by Crippen LogP contribution is 2.26. The van der Waals surface area contributed by atoms with Crippen molar-refractivity contribution in [1.29, 1.82) is 0 Å². The first-order valence-electron chi connectivity index (χ1n) is 5.01. The Balaban J connectivity index is 2.53. The monoisotopic (exact) mass is 188 g/mol. The van der Waals surface area contributed by atoms with Gasteiger partial charge in [0.15, 0.2) is 0 Å². The molecule has 0 fully saturated rings. The number of nitrogens with two attached hydrogens (primary N) is 1. The molecule has 0 aliphatic rings. The minimum Gasteiger partial charge on any atom is -0.361 e. The summed E-state index contributed by atoms with van der Waals surface area (Å²) in [5, 5.41) is 1.24. The lowest BCUT2D eigenvalue weighted by atomic mass is 9.97. The summed E-state index contributed by atoms with van der Waals surface area (Å²) in [4.78, 5) is 3.24. The number of nitrogens with one attached hydrogen (secondary N) is 1. The third-order valence-corrected chi connectivity index (χ3v) is 2.70. The van der Waals surface area contributed by atoms with E-state index in [9.17, 15) is 0 Å². The third kappa shape index (κ3) is 1.42. The van der Waals surface area contributed by atoms with Crippen LogP contribution in [0.4, 0.5) is 0 Å². The Morgan fingerprint density at radius 3 is 2.64 bits per heavy atom. The summed E-state index contributed by atoms with van der Waals surface area (Å²) in [6.45, 7) is 4.29. The predicted octanol–water partition coefficient (Wildman–Crippen LogP) is 2.82. The molecular formula is C12H16N2. The fourth-order valence-electron chi connectivity index (χ4n) is 1.73. The molecule has 0 saturated heterocycles. The minimum absolute atomic E-state index is 0.117. The lowest BCUT2D eigenvalue weighted by molar-refractivity contribution is 0.517. The van der Waals surface area contributed by atoms with Gasteiger partial charge in [0.1, 0.15) is 0 Å². The molecule has 2 heteroatoms. The van der Waals surface area contributed by atoms with Crippen molar-refractivity contribution in [1.82, 2.24) is 4.98 Å². The third-order valence-electron chi connectivity index (χ3n) is 2.70. The zero-order valence-corrected chi connectivity index (χ0v) is 8.62. The number of rotatable bonds is 2. The molecule has 0 aliphatic carbocycles. The van der Waals surface area contributed by atoms with Crippen molar-refractivity contribution in [3.8, 4) is 0 Å². The number of hydrogen-bond donors (Lipinski definition) is 2. The minimum atomic E-state index is 0.117. The highest BCUT2D eigenvalue weighted by molar-refractivity contribution is 5.83. The van der Waals surface area contributed by atoms with Gasteiger partial charge in [0.25, 0.3) is 0 Å². The summed E-state index contributed by atoms with van der Waals surface area (Å²) in [7, 11) is 0. The SMILES string of the molecule is CC(C)C(N)c1c[nH]c2ccccc12. The van der Waals surface area contributed by atoms with Crippen molar-refractivity contribution in [3.05, 3.63) is 36.0 Å². The van der Waals surface area contributed by atoms with E-state index in [1.54, 1.807) is 0 Å². The molecule has 0 saturated carbocycles. The fourth-order valence-corrected chi connectivity index (χ4v) is 1.73. The highest BCUT2D eigenvalue weighted by atomic mass is 14.7. The van der Waals surface area contributed by atoms with Crippen LogP contribution in [0.2, 0.25) is 0 Å². The van der Waals surface area contributed by atoms with Gasteiger partial charge in [0.05, 0.1) is 0 Å². The molecule has 2 nitrogen and oxygen atoms in total. The standard InChI is InChI=1S/C12H16N2/c1-8(2)12(13)10-7-14-11-6-4-3-5-9(10)11/h3-8,12,14H,13H2,1-2H3. The zero-order chi connectivity index (χ0) is 10.1. The van der Waals surface area contributed by atoms with Crippen LogP contribution < -0.4 is 5.73 Å². The van der Waals surface area contributed by atoms with Gasteiger partial charge in [-0.15, -0.1) is 0 Å². The van der Waals surface area contributed by atoms with Gasteiger partial charge >= 0.3 is 0 Å². The smallest absolute Gasteiger partial charge is 0.0457 e. The molecule has 1 atom stereocenters. The molecule has 1 aromatic heterocycles. The molecule has 0 spiro atoms. The van der Waals surface area contributed by atoms with Crippen LogP contribution in [-0.4, -0.2) is 4.98 Å². The number of aromatic nitrogens is 1. The average molecular weight is 188 g/mol. The summed E-state index contributed by atoms with van der Waals surface area (Å²) in [6.07, 6.45) is 2.02. The van der Waals surface area contributed by atoms with E-state index < -0.39 is 0 Å². The first kappa shape index (κ1) is 9.28. The maximum absolute atomic E-state index is 6.13. The maximum Gasteiger partial charge on any atom is 0.0457 e. The van der Waals surface area contributed by atoms with Crippen LogP contribution in [0.1, 0.15) is 25.5 Å². The van der Waals surface area contributed by atoms with Crippen molar-refractivity contribution in [3.63, 3.8) is 0 Å². The molecule has 14 heavy (non-hydrogen) atoms. The molecule has 2 aromatic rings. The van der Waals surface area contributed by atoms with Gasteiger partial charge in [-0.25, -0.2) is 0 Å². The number of fused-ring (bicyclic) bond motifs is 1. The number of benzene rings is 1. The van der Waals surface area contributed by atoms with Crippen LogP contribution >= 0.6 is 0 Å². The largest absolute Gasteiger partial charge is 0.361 e. The van der Waals surface area contributed by atoms with Crippen LogP contribution in [0, 0.1) is 5.92 Å².